The van der Waals surface area contributed by atoms with Crippen molar-refractivity contribution in [1.29, 1.82) is 0 Å². The van der Waals surface area contributed by atoms with Gasteiger partial charge in [-0.25, -0.2) is 0 Å². The zero-order valence-electron chi connectivity index (χ0n) is 12.4. The Bertz CT molecular complexity index is 444. The van der Waals surface area contributed by atoms with Crippen LogP contribution in [0.2, 0.25) is 5.02 Å². The number of ether oxygens (including phenoxy) is 1. The molecule has 1 aliphatic rings. The highest BCUT2D eigenvalue weighted by atomic mass is 35.5. The summed E-state index contributed by atoms with van der Waals surface area (Å²) in [5, 5.41) is 3.59. The van der Waals surface area contributed by atoms with Crippen molar-refractivity contribution in [3.8, 4) is 0 Å². The van der Waals surface area contributed by atoms with Crippen LogP contribution in [0.25, 0.3) is 0 Å². The number of amides is 1. The minimum atomic E-state index is 0.0370. The Labute approximate surface area is 132 Å². The van der Waals surface area contributed by atoms with Crippen molar-refractivity contribution in [2.45, 2.75) is 51.0 Å². The molecule has 2 rings (SSSR count). The molecule has 1 aromatic rings. The Balaban J connectivity index is 1.54. The molecule has 1 aliphatic carbocycles. The van der Waals surface area contributed by atoms with Crippen molar-refractivity contribution in [2.75, 3.05) is 13.2 Å². The van der Waals surface area contributed by atoms with E-state index in [1.54, 1.807) is 0 Å². The summed E-state index contributed by atoms with van der Waals surface area (Å²) >= 11 is 5.90. The van der Waals surface area contributed by atoms with Gasteiger partial charge in [-0.15, -0.1) is 0 Å². The zero-order chi connectivity index (χ0) is 14.9. The maximum Gasteiger partial charge on any atom is 0.224 e. The van der Waals surface area contributed by atoms with Gasteiger partial charge in [0.15, 0.2) is 0 Å². The van der Waals surface area contributed by atoms with Crippen LogP contribution in [0, 0.1) is 0 Å². The lowest BCUT2D eigenvalue weighted by Gasteiger charge is -2.21. The van der Waals surface area contributed by atoms with E-state index in [0.717, 1.165) is 18.6 Å². The molecule has 4 heteroatoms. The number of rotatable bonds is 7. The quantitative estimate of drug-likeness (QED) is 0.779. The summed E-state index contributed by atoms with van der Waals surface area (Å²) in [6.07, 6.45) is 8.02. The molecule has 0 bridgehead atoms. The molecular formula is C17H24ClNO2. The van der Waals surface area contributed by atoms with Crippen LogP contribution in [-0.2, 0) is 16.0 Å². The van der Waals surface area contributed by atoms with Gasteiger partial charge in [0.1, 0.15) is 0 Å². The predicted octanol–water partition coefficient (Wildman–Crippen LogP) is 3.74. The zero-order valence-corrected chi connectivity index (χ0v) is 13.2. The molecule has 0 atom stereocenters. The van der Waals surface area contributed by atoms with Crippen molar-refractivity contribution < 1.29 is 9.53 Å². The highest BCUT2D eigenvalue weighted by Gasteiger charge is 2.13. The fourth-order valence-electron chi connectivity index (χ4n) is 2.68. The van der Waals surface area contributed by atoms with E-state index in [4.69, 9.17) is 16.3 Å². The van der Waals surface area contributed by atoms with Crippen LogP contribution in [0.5, 0.6) is 0 Å². The van der Waals surface area contributed by atoms with E-state index in [9.17, 15) is 4.79 Å². The van der Waals surface area contributed by atoms with E-state index in [0.29, 0.717) is 24.1 Å². The largest absolute Gasteiger partial charge is 0.378 e. The maximum absolute atomic E-state index is 11.8. The SMILES string of the molecule is O=C(Cc1cccc(Cl)c1)NCCCOC1CCCCC1. The van der Waals surface area contributed by atoms with E-state index < -0.39 is 0 Å². The number of nitrogens with one attached hydrogen (secondary N) is 1. The standard InChI is InChI=1S/C17H24ClNO2/c18-15-7-4-6-14(12-15)13-17(20)19-10-5-11-21-16-8-2-1-3-9-16/h4,6-7,12,16H,1-3,5,8-11,13H2,(H,19,20). The van der Waals surface area contributed by atoms with Crippen LogP contribution < -0.4 is 5.32 Å². The second kappa shape index (κ2) is 9.06. The predicted molar refractivity (Wildman–Crippen MR) is 85.6 cm³/mol. The summed E-state index contributed by atoms with van der Waals surface area (Å²) in [6.45, 7) is 1.41. The molecular weight excluding hydrogens is 286 g/mol. The van der Waals surface area contributed by atoms with Crippen LogP contribution >= 0.6 is 11.6 Å². The first kappa shape index (κ1) is 16.3. The molecule has 1 amide bonds. The first-order chi connectivity index (χ1) is 10.2. The van der Waals surface area contributed by atoms with Crippen LogP contribution in [-0.4, -0.2) is 25.2 Å². The van der Waals surface area contributed by atoms with Gasteiger partial charge in [0, 0.05) is 18.2 Å². The summed E-state index contributed by atoms with van der Waals surface area (Å²) in [7, 11) is 0. The molecule has 21 heavy (non-hydrogen) atoms. The summed E-state index contributed by atoms with van der Waals surface area (Å²) in [6, 6.07) is 7.42. The summed E-state index contributed by atoms with van der Waals surface area (Å²) < 4.78 is 5.83. The molecule has 3 nitrogen and oxygen atoms in total. The van der Waals surface area contributed by atoms with Gasteiger partial charge < -0.3 is 10.1 Å². The maximum atomic E-state index is 11.8. The Hall–Kier alpha value is -1.06. The molecule has 0 spiro atoms. The van der Waals surface area contributed by atoms with Crippen molar-refractivity contribution >= 4 is 17.5 Å². The second-order valence-corrected chi connectivity index (χ2v) is 6.08. The lowest BCUT2D eigenvalue weighted by Crippen LogP contribution is -2.27. The molecule has 0 aliphatic heterocycles. The third kappa shape index (κ3) is 6.49. The molecule has 1 N–H and O–H groups in total. The van der Waals surface area contributed by atoms with Gasteiger partial charge in [0.2, 0.25) is 5.91 Å². The van der Waals surface area contributed by atoms with Crippen molar-refractivity contribution in [3.05, 3.63) is 34.9 Å². The third-order valence-electron chi connectivity index (χ3n) is 3.80. The van der Waals surface area contributed by atoms with Gasteiger partial charge in [-0.1, -0.05) is 43.0 Å². The molecule has 0 unspecified atom stereocenters. The minimum Gasteiger partial charge on any atom is -0.378 e. The van der Waals surface area contributed by atoms with Gasteiger partial charge in [0.05, 0.1) is 12.5 Å². The number of carbonyl (C=O) groups excluding carboxylic acids is 1. The van der Waals surface area contributed by atoms with Crippen LogP contribution in [0.3, 0.4) is 0 Å². The van der Waals surface area contributed by atoms with E-state index in [1.165, 1.54) is 32.1 Å². The van der Waals surface area contributed by atoms with E-state index in [-0.39, 0.29) is 5.91 Å². The highest BCUT2D eigenvalue weighted by Crippen LogP contribution is 2.20. The smallest absolute Gasteiger partial charge is 0.224 e. The van der Waals surface area contributed by atoms with Gasteiger partial charge in [0.25, 0.3) is 0 Å². The number of halogens is 1. The first-order valence-corrected chi connectivity index (χ1v) is 8.24. The molecule has 0 aromatic heterocycles. The fraction of sp³-hybridized carbons (Fsp3) is 0.588. The summed E-state index contributed by atoms with van der Waals surface area (Å²) in [4.78, 5) is 11.8. The first-order valence-electron chi connectivity index (χ1n) is 7.87. The Kier molecular flexibility index (Phi) is 7.04. The van der Waals surface area contributed by atoms with Crippen LogP contribution in [0.1, 0.15) is 44.1 Å². The molecule has 0 saturated heterocycles. The third-order valence-corrected chi connectivity index (χ3v) is 4.04. The van der Waals surface area contributed by atoms with E-state index >= 15 is 0 Å². The van der Waals surface area contributed by atoms with Gasteiger partial charge in [-0.2, -0.15) is 0 Å². The Morgan fingerprint density at radius 2 is 2.10 bits per heavy atom. The van der Waals surface area contributed by atoms with Crippen LogP contribution in [0.15, 0.2) is 24.3 Å². The lowest BCUT2D eigenvalue weighted by molar-refractivity contribution is -0.120. The second-order valence-electron chi connectivity index (χ2n) is 5.64. The van der Waals surface area contributed by atoms with E-state index in [2.05, 4.69) is 5.32 Å². The lowest BCUT2D eigenvalue weighted by atomic mass is 9.98. The van der Waals surface area contributed by atoms with Crippen LogP contribution in [0.4, 0.5) is 0 Å². The average molecular weight is 310 g/mol. The van der Waals surface area contributed by atoms with E-state index in [1.807, 2.05) is 24.3 Å². The van der Waals surface area contributed by atoms with Crippen molar-refractivity contribution in [1.82, 2.24) is 5.32 Å². The monoisotopic (exact) mass is 309 g/mol. The Morgan fingerprint density at radius 3 is 2.86 bits per heavy atom. The topological polar surface area (TPSA) is 38.3 Å². The highest BCUT2D eigenvalue weighted by molar-refractivity contribution is 6.30. The minimum absolute atomic E-state index is 0.0370. The fourth-order valence-corrected chi connectivity index (χ4v) is 2.89. The number of hydrogen-bond donors (Lipinski definition) is 1. The Morgan fingerprint density at radius 1 is 1.29 bits per heavy atom. The summed E-state index contributed by atoms with van der Waals surface area (Å²) in [5.74, 6) is 0.0370. The summed E-state index contributed by atoms with van der Waals surface area (Å²) in [5.41, 5.74) is 0.943. The van der Waals surface area contributed by atoms with Gasteiger partial charge in [-0.3, -0.25) is 4.79 Å². The molecule has 1 fully saturated rings. The number of benzene rings is 1. The van der Waals surface area contributed by atoms with Crippen molar-refractivity contribution in [3.63, 3.8) is 0 Å². The molecule has 0 heterocycles. The number of hydrogen-bond acceptors (Lipinski definition) is 2. The average Bonchev–Trinajstić information content (AvgIpc) is 2.48. The van der Waals surface area contributed by atoms with Gasteiger partial charge in [-0.05, 0) is 37.0 Å². The normalized spacial score (nSPS) is 15.9. The molecule has 116 valence electrons. The number of carbonyl (C=O) groups is 1. The van der Waals surface area contributed by atoms with Gasteiger partial charge >= 0.3 is 0 Å². The van der Waals surface area contributed by atoms with Crippen molar-refractivity contribution in [2.24, 2.45) is 0 Å². The molecule has 0 radical (unpaired) electrons. The molecule has 1 saturated carbocycles. The molecule has 1 aromatic carbocycles.